The van der Waals surface area contributed by atoms with Crippen LogP contribution in [0, 0.1) is 17.8 Å². The molecule has 0 spiro atoms. The highest BCUT2D eigenvalue weighted by Gasteiger charge is 2.46. The van der Waals surface area contributed by atoms with Gasteiger partial charge in [0.2, 0.25) is 0 Å². The van der Waals surface area contributed by atoms with Gasteiger partial charge < -0.3 is 4.74 Å². The minimum atomic E-state index is -0.0774. The summed E-state index contributed by atoms with van der Waals surface area (Å²) in [5, 5.41) is 1.12. The zero-order valence-corrected chi connectivity index (χ0v) is 13.0. The normalized spacial score (nSPS) is 32.1. The number of carbonyl (C=O) groups is 1. The van der Waals surface area contributed by atoms with Crippen molar-refractivity contribution in [1.29, 1.82) is 0 Å². The maximum atomic E-state index is 12.2. The third-order valence-electron chi connectivity index (χ3n) is 4.96. The average Bonchev–Trinajstić information content (AvgIpc) is 2.82. The molecule has 0 radical (unpaired) electrons. The van der Waals surface area contributed by atoms with Gasteiger partial charge in [-0.05, 0) is 54.7 Å². The van der Waals surface area contributed by atoms with Gasteiger partial charge in [0, 0.05) is 0 Å². The third kappa shape index (κ3) is 2.44. The number of methoxy groups -OCH3 is 1. The second-order valence-electron chi connectivity index (χ2n) is 6.00. The minimum Gasteiger partial charge on any atom is -0.469 e. The summed E-state index contributed by atoms with van der Waals surface area (Å²) in [6, 6.07) is 5.74. The van der Waals surface area contributed by atoms with E-state index in [1.54, 1.807) is 0 Å². The fraction of sp³-hybridized carbons (Fsp3) is 0.562. The topological polar surface area (TPSA) is 26.3 Å². The van der Waals surface area contributed by atoms with E-state index >= 15 is 0 Å². The molecule has 0 amide bonds. The molecule has 3 rings (SSSR count). The monoisotopic (exact) mass is 312 g/mol. The fourth-order valence-corrected chi connectivity index (χ4v) is 4.37. The molecule has 108 valence electrons. The Morgan fingerprint density at radius 3 is 2.70 bits per heavy atom. The fourth-order valence-electron chi connectivity index (χ4n) is 4.07. The molecule has 0 aromatic heterocycles. The molecule has 4 heteroatoms. The highest BCUT2D eigenvalue weighted by atomic mass is 35.5. The molecule has 0 heterocycles. The molecule has 2 aliphatic rings. The van der Waals surface area contributed by atoms with Crippen molar-refractivity contribution in [3.8, 4) is 0 Å². The largest absolute Gasteiger partial charge is 0.469 e. The quantitative estimate of drug-likeness (QED) is 0.741. The maximum Gasteiger partial charge on any atom is 0.309 e. The van der Waals surface area contributed by atoms with E-state index in [0.717, 1.165) is 30.7 Å². The van der Waals surface area contributed by atoms with Crippen molar-refractivity contribution >= 4 is 29.2 Å². The number of rotatable bonds is 2. The van der Waals surface area contributed by atoms with Crippen molar-refractivity contribution in [1.82, 2.24) is 0 Å². The van der Waals surface area contributed by atoms with Crippen LogP contribution >= 0.6 is 23.2 Å². The number of hydrogen-bond acceptors (Lipinski definition) is 2. The summed E-state index contributed by atoms with van der Waals surface area (Å²) in [6.45, 7) is 0. The Morgan fingerprint density at radius 1 is 1.20 bits per heavy atom. The average molecular weight is 313 g/mol. The molecule has 2 saturated carbocycles. The molecule has 20 heavy (non-hydrogen) atoms. The summed E-state index contributed by atoms with van der Waals surface area (Å²) >= 11 is 12.1. The first-order valence-corrected chi connectivity index (χ1v) is 7.88. The van der Waals surface area contributed by atoms with Crippen molar-refractivity contribution in [2.24, 2.45) is 17.8 Å². The molecule has 2 fully saturated rings. The predicted octanol–water partition coefficient (Wildman–Crippen LogP) is 4.69. The van der Waals surface area contributed by atoms with E-state index in [1.165, 1.54) is 13.5 Å². The number of carbonyl (C=O) groups excluding carboxylic acids is 1. The molecule has 0 aliphatic heterocycles. The SMILES string of the molecule is COC(=O)[C@H]1C2CCC(C2)C[C@@H]1c1ccc(Cl)c(Cl)c1. The second kappa shape index (κ2) is 5.57. The predicted molar refractivity (Wildman–Crippen MR) is 80.2 cm³/mol. The van der Waals surface area contributed by atoms with Crippen molar-refractivity contribution in [2.75, 3.05) is 7.11 Å². The van der Waals surface area contributed by atoms with Crippen molar-refractivity contribution in [3.63, 3.8) is 0 Å². The number of fused-ring (bicyclic) bond motifs is 2. The van der Waals surface area contributed by atoms with Gasteiger partial charge in [0.1, 0.15) is 0 Å². The van der Waals surface area contributed by atoms with Crippen LogP contribution in [-0.2, 0) is 9.53 Å². The molecule has 0 N–H and O–H groups in total. The molecule has 2 unspecified atom stereocenters. The number of esters is 1. The highest BCUT2D eigenvalue weighted by molar-refractivity contribution is 6.42. The molecule has 0 saturated heterocycles. The van der Waals surface area contributed by atoms with Crippen LogP contribution in [0.5, 0.6) is 0 Å². The zero-order valence-electron chi connectivity index (χ0n) is 11.4. The molecule has 1 aromatic carbocycles. The molecular formula is C16H18Cl2O2. The minimum absolute atomic E-state index is 0.0315. The van der Waals surface area contributed by atoms with Crippen LogP contribution in [0.2, 0.25) is 10.0 Å². The number of halogens is 2. The molecule has 2 aliphatic carbocycles. The number of benzene rings is 1. The van der Waals surface area contributed by atoms with Gasteiger partial charge >= 0.3 is 5.97 Å². The Morgan fingerprint density at radius 2 is 2.00 bits per heavy atom. The molecule has 1 aromatic rings. The van der Waals surface area contributed by atoms with Crippen LogP contribution in [-0.4, -0.2) is 13.1 Å². The van der Waals surface area contributed by atoms with E-state index in [2.05, 4.69) is 0 Å². The Balaban J connectivity index is 1.96. The van der Waals surface area contributed by atoms with Crippen LogP contribution in [0.15, 0.2) is 18.2 Å². The van der Waals surface area contributed by atoms with Gasteiger partial charge in [-0.25, -0.2) is 0 Å². The van der Waals surface area contributed by atoms with Crippen LogP contribution in [0.3, 0.4) is 0 Å². The Bertz CT molecular complexity index is 529. The summed E-state index contributed by atoms with van der Waals surface area (Å²) in [7, 11) is 1.48. The third-order valence-corrected chi connectivity index (χ3v) is 5.69. The van der Waals surface area contributed by atoms with E-state index in [9.17, 15) is 4.79 Å². The molecular weight excluding hydrogens is 295 g/mol. The van der Waals surface area contributed by atoms with Crippen LogP contribution in [0.1, 0.15) is 37.2 Å². The first-order valence-electron chi connectivity index (χ1n) is 7.13. The maximum absolute atomic E-state index is 12.2. The van der Waals surface area contributed by atoms with E-state index in [0.29, 0.717) is 16.0 Å². The summed E-state index contributed by atoms with van der Waals surface area (Å²) < 4.78 is 5.05. The number of ether oxygens (including phenoxy) is 1. The zero-order chi connectivity index (χ0) is 14.3. The van der Waals surface area contributed by atoms with Crippen LogP contribution in [0.25, 0.3) is 0 Å². The van der Waals surface area contributed by atoms with E-state index in [4.69, 9.17) is 27.9 Å². The Hall–Kier alpha value is -0.730. The summed E-state index contributed by atoms with van der Waals surface area (Å²) in [5.74, 6) is 1.30. The Labute approximate surface area is 129 Å². The van der Waals surface area contributed by atoms with Crippen LogP contribution < -0.4 is 0 Å². The van der Waals surface area contributed by atoms with Crippen LogP contribution in [0.4, 0.5) is 0 Å². The van der Waals surface area contributed by atoms with Gasteiger partial charge in [-0.3, -0.25) is 4.79 Å². The second-order valence-corrected chi connectivity index (χ2v) is 6.82. The summed E-state index contributed by atoms with van der Waals surface area (Å²) in [4.78, 5) is 12.2. The summed E-state index contributed by atoms with van der Waals surface area (Å²) in [6.07, 6.45) is 4.59. The Kier molecular flexibility index (Phi) is 3.96. The molecule has 4 atom stereocenters. The summed E-state index contributed by atoms with van der Waals surface area (Å²) in [5.41, 5.74) is 1.12. The molecule has 2 nitrogen and oxygen atoms in total. The van der Waals surface area contributed by atoms with Gasteiger partial charge in [-0.2, -0.15) is 0 Å². The van der Waals surface area contributed by atoms with Gasteiger partial charge in [-0.15, -0.1) is 0 Å². The lowest BCUT2D eigenvalue weighted by molar-refractivity contribution is -0.149. The number of hydrogen-bond donors (Lipinski definition) is 0. The lowest BCUT2D eigenvalue weighted by Crippen LogP contribution is -2.33. The van der Waals surface area contributed by atoms with Gasteiger partial charge in [0.15, 0.2) is 0 Å². The van der Waals surface area contributed by atoms with Gasteiger partial charge in [0.05, 0.1) is 23.1 Å². The lowest BCUT2D eigenvalue weighted by Gasteiger charge is -2.35. The van der Waals surface area contributed by atoms with Gasteiger partial charge in [0.25, 0.3) is 0 Å². The lowest BCUT2D eigenvalue weighted by atomic mass is 9.69. The first-order chi connectivity index (χ1) is 9.60. The van der Waals surface area contributed by atoms with Crippen molar-refractivity contribution in [2.45, 2.75) is 31.6 Å². The van der Waals surface area contributed by atoms with E-state index < -0.39 is 0 Å². The van der Waals surface area contributed by atoms with Crippen molar-refractivity contribution < 1.29 is 9.53 Å². The molecule has 2 bridgehead atoms. The standard InChI is InChI=1S/C16H18Cl2O2/c1-20-16(19)15-11-3-2-9(6-11)7-12(15)10-4-5-13(17)14(18)8-10/h4-5,8-9,11-12,15H,2-3,6-7H2,1H3/t9?,11?,12-,15+/m1/s1. The first kappa shape index (κ1) is 14.2. The van der Waals surface area contributed by atoms with Gasteiger partial charge in [-0.1, -0.05) is 35.7 Å². The van der Waals surface area contributed by atoms with E-state index in [-0.39, 0.29) is 17.8 Å². The van der Waals surface area contributed by atoms with E-state index in [1.807, 2.05) is 18.2 Å². The van der Waals surface area contributed by atoms with Crippen molar-refractivity contribution in [3.05, 3.63) is 33.8 Å². The highest BCUT2D eigenvalue weighted by Crippen LogP contribution is 2.52. The smallest absolute Gasteiger partial charge is 0.309 e.